The highest BCUT2D eigenvalue weighted by molar-refractivity contribution is 5.84. The van der Waals surface area contributed by atoms with Crippen LogP contribution in [0.4, 0.5) is 11.4 Å². The third-order valence-electron chi connectivity index (χ3n) is 2.91. The van der Waals surface area contributed by atoms with Crippen molar-refractivity contribution in [3.05, 3.63) is 33.9 Å². The van der Waals surface area contributed by atoms with Crippen molar-refractivity contribution in [2.24, 2.45) is 0 Å². The van der Waals surface area contributed by atoms with Gasteiger partial charge in [0.1, 0.15) is 11.6 Å². The summed E-state index contributed by atoms with van der Waals surface area (Å²) in [5, 5.41) is 19.6. The van der Waals surface area contributed by atoms with Crippen LogP contribution in [0.3, 0.4) is 0 Å². The zero-order valence-corrected chi connectivity index (χ0v) is 9.63. The van der Waals surface area contributed by atoms with Gasteiger partial charge in [-0.1, -0.05) is 0 Å². The highest BCUT2D eigenvalue weighted by Gasteiger charge is 2.20. The summed E-state index contributed by atoms with van der Waals surface area (Å²) in [5.74, 6) is 0.151. The number of carbonyl (C=O) groups is 1. The average molecular weight is 245 g/mol. The molecule has 1 fully saturated rings. The number of hydrogen-bond acceptors (Lipinski definition) is 5. The molecule has 1 saturated heterocycles. The minimum absolute atomic E-state index is 0.0236. The van der Waals surface area contributed by atoms with E-state index in [2.05, 4.69) is 0 Å². The molecule has 6 heteroatoms. The molecule has 0 bridgehead atoms. The lowest BCUT2D eigenvalue weighted by molar-refractivity contribution is -0.385. The number of nitrogens with zero attached hydrogens (tertiary/aromatic N) is 3. The highest BCUT2D eigenvalue weighted by Crippen LogP contribution is 2.25. The normalized spacial score (nSPS) is 15.3. The van der Waals surface area contributed by atoms with Crippen molar-refractivity contribution in [1.29, 1.82) is 5.26 Å². The van der Waals surface area contributed by atoms with Gasteiger partial charge in [-0.15, -0.1) is 0 Å². The minimum atomic E-state index is -0.580. The first-order valence-corrected chi connectivity index (χ1v) is 5.57. The van der Waals surface area contributed by atoms with Gasteiger partial charge in [0.25, 0.3) is 5.69 Å². The number of piperidine rings is 1. The van der Waals surface area contributed by atoms with Gasteiger partial charge in [0.2, 0.25) is 0 Å². The van der Waals surface area contributed by atoms with Crippen LogP contribution in [0.25, 0.3) is 0 Å². The van der Waals surface area contributed by atoms with E-state index < -0.39 is 4.92 Å². The Labute approximate surface area is 104 Å². The first kappa shape index (κ1) is 12.0. The standard InChI is InChI=1S/C12H11N3O3/c13-7-9-6-10(3-4-12(9)15(17)18)14-5-1-2-11(16)8-14/h3-4,6H,1-2,5,8H2. The van der Waals surface area contributed by atoms with Crippen molar-refractivity contribution in [3.63, 3.8) is 0 Å². The number of nitro groups is 1. The fraction of sp³-hybridized carbons (Fsp3) is 0.333. The maximum Gasteiger partial charge on any atom is 0.287 e. The highest BCUT2D eigenvalue weighted by atomic mass is 16.6. The van der Waals surface area contributed by atoms with E-state index in [1.807, 2.05) is 11.0 Å². The van der Waals surface area contributed by atoms with Gasteiger partial charge in [-0.05, 0) is 18.6 Å². The van der Waals surface area contributed by atoms with Gasteiger partial charge < -0.3 is 4.90 Å². The van der Waals surface area contributed by atoms with Crippen molar-refractivity contribution in [2.45, 2.75) is 12.8 Å². The fourth-order valence-electron chi connectivity index (χ4n) is 2.03. The van der Waals surface area contributed by atoms with Crippen molar-refractivity contribution in [2.75, 3.05) is 18.0 Å². The Kier molecular flexibility index (Phi) is 3.24. The number of anilines is 1. The number of rotatable bonds is 2. The summed E-state index contributed by atoms with van der Waals surface area (Å²) in [7, 11) is 0. The zero-order valence-electron chi connectivity index (χ0n) is 9.63. The summed E-state index contributed by atoms with van der Waals surface area (Å²) in [6, 6.07) is 6.18. The van der Waals surface area contributed by atoms with E-state index in [4.69, 9.17) is 5.26 Å². The average Bonchev–Trinajstić information content (AvgIpc) is 2.37. The number of nitro benzene ring substituents is 1. The summed E-state index contributed by atoms with van der Waals surface area (Å²) in [6.45, 7) is 1.04. The fourth-order valence-corrected chi connectivity index (χ4v) is 2.03. The minimum Gasteiger partial charge on any atom is -0.364 e. The Hall–Kier alpha value is -2.42. The number of carbonyl (C=O) groups excluding carboxylic acids is 1. The lowest BCUT2D eigenvalue weighted by Crippen LogP contribution is -2.35. The van der Waals surface area contributed by atoms with E-state index >= 15 is 0 Å². The second-order valence-electron chi connectivity index (χ2n) is 4.13. The SMILES string of the molecule is N#Cc1cc(N2CCCC(=O)C2)ccc1[N+](=O)[O-]. The monoisotopic (exact) mass is 245 g/mol. The Bertz CT molecular complexity index is 548. The van der Waals surface area contributed by atoms with Crippen LogP contribution in [0.15, 0.2) is 18.2 Å². The van der Waals surface area contributed by atoms with Crippen LogP contribution in [0.2, 0.25) is 0 Å². The Morgan fingerprint density at radius 1 is 1.44 bits per heavy atom. The molecule has 92 valence electrons. The van der Waals surface area contributed by atoms with Crippen LogP contribution >= 0.6 is 0 Å². The van der Waals surface area contributed by atoms with E-state index in [0.717, 1.165) is 13.0 Å². The largest absolute Gasteiger partial charge is 0.364 e. The van der Waals surface area contributed by atoms with E-state index in [0.29, 0.717) is 18.7 Å². The maximum absolute atomic E-state index is 11.4. The zero-order chi connectivity index (χ0) is 13.1. The summed E-state index contributed by atoms with van der Waals surface area (Å²) >= 11 is 0. The summed E-state index contributed by atoms with van der Waals surface area (Å²) in [5.41, 5.74) is 0.505. The van der Waals surface area contributed by atoms with Gasteiger partial charge in [0.05, 0.1) is 11.5 Å². The predicted octanol–water partition coefficient (Wildman–Crippen LogP) is 1.64. The van der Waals surface area contributed by atoms with Gasteiger partial charge in [-0.3, -0.25) is 14.9 Å². The van der Waals surface area contributed by atoms with Gasteiger partial charge in [-0.2, -0.15) is 5.26 Å². The van der Waals surface area contributed by atoms with Gasteiger partial charge in [0, 0.05) is 24.7 Å². The van der Waals surface area contributed by atoms with E-state index in [-0.39, 0.29) is 17.0 Å². The van der Waals surface area contributed by atoms with Gasteiger partial charge in [-0.25, -0.2) is 0 Å². The molecule has 1 aliphatic rings. The number of ketones is 1. The smallest absolute Gasteiger partial charge is 0.287 e. The molecule has 0 atom stereocenters. The second kappa shape index (κ2) is 4.84. The van der Waals surface area contributed by atoms with Crippen molar-refractivity contribution in [1.82, 2.24) is 0 Å². The van der Waals surface area contributed by atoms with Gasteiger partial charge in [0.15, 0.2) is 5.78 Å². The van der Waals surface area contributed by atoms with E-state index in [1.165, 1.54) is 12.1 Å². The molecular formula is C12H11N3O3. The topological polar surface area (TPSA) is 87.2 Å². The molecule has 0 spiro atoms. The number of hydrogen-bond donors (Lipinski definition) is 0. The Morgan fingerprint density at radius 3 is 2.83 bits per heavy atom. The number of benzene rings is 1. The summed E-state index contributed by atoms with van der Waals surface area (Å²) < 4.78 is 0. The van der Waals surface area contributed by atoms with Crippen molar-refractivity contribution >= 4 is 17.2 Å². The van der Waals surface area contributed by atoms with Crippen molar-refractivity contribution in [3.8, 4) is 6.07 Å². The van der Waals surface area contributed by atoms with Crippen LogP contribution < -0.4 is 4.90 Å². The van der Waals surface area contributed by atoms with Crippen molar-refractivity contribution < 1.29 is 9.72 Å². The van der Waals surface area contributed by atoms with Crippen LogP contribution in [-0.2, 0) is 4.79 Å². The summed E-state index contributed by atoms with van der Waals surface area (Å²) in [4.78, 5) is 23.3. The van der Waals surface area contributed by atoms with E-state index in [9.17, 15) is 14.9 Å². The van der Waals surface area contributed by atoms with E-state index in [1.54, 1.807) is 6.07 Å². The second-order valence-corrected chi connectivity index (χ2v) is 4.13. The molecule has 1 aliphatic heterocycles. The molecule has 0 amide bonds. The predicted molar refractivity (Wildman–Crippen MR) is 64.3 cm³/mol. The lowest BCUT2D eigenvalue weighted by Gasteiger charge is -2.27. The Balaban J connectivity index is 2.33. The number of nitriles is 1. The molecule has 18 heavy (non-hydrogen) atoms. The molecule has 0 unspecified atom stereocenters. The molecule has 6 nitrogen and oxygen atoms in total. The van der Waals surface area contributed by atoms with Gasteiger partial charge >= 0.3 is 0 Å². The lowest BCUT2D eigenvalue weighted by atomic mass is 10.1. The quantitative estimate of drug-likeness (QED) is 0.583. The molecule has 2 rings (SSSR count). The number of Topliss-reactive ketones (excluding diaryl/α,β-unsaturated/α-hetero) is 1. The molecule has 1 heterocycles. The summed E-state index contributed by atoms with van der Waals surface area (Å²) in [6.07, 6.45) is 1.35. The van der Waals surface area contributed by atoms with Crippen LogP contribution in [0.1, 0.15) is 18.4 Å². The third kappa shape index (κ3) is 2.30. The molecule has 1 aromatic carbocycles. The molecule has 0 N–H and O–H groups in total. The first-order chi connectivity index (χ1) is 8.61. The molecule has 0 aliphatic carbocycles. The Morgan fingerprint density at radius 2 is 2.22 bits per heavy atom. The maximum atomic E-state index is 11.4. The molecule has 0 radical (unpaired) electrons. The van der Waals surface area contributed by atoms with Crippen LogP contribution in [0, 0.1) is 21.4 Å². The molecule has 1 aromatic rings. The van der Waals surface area contributed by atoms with Crippen LogP contribution in [-0.4, -0.2) is 23.8 Å². The van der Waals surface area contributed by atoms with Crippen LogP contribution in [0.5, 0.6) is 0 Å². The molecule has 0 aromatic heterocycles. The molecule has 0 saturated carbocycles. The third-order valence-corrected chi connectivity index (χ3v) is 2.91. The molecular weight excluding hydrogens is 234 g/mol. The first-order valence-electron chi connectivity index (χ1n) is 5.57.